The third kappa shape index (κ3) is 5.94. The van der Waals surface area contributed by atoms with Gasteiger partial charge < -0.3 is 15.2 Å². The summed E-state index contributed by atoms with van der Waals surface area (Å²) >= 11 is 1.48. The number of aryl methyl sites for hydroxylation is 1. The topological polar surface area (TPSA) is 63.1 Å². The van der Waals surface area contributed by atoms with Gasteiger partial charge in [0.1, 0.15) is 5.25 Å². The number of nitrogens with one attached hydrogen (secondary N) is 2. The van der Waals surface area contributed by atoms with Gasteiger partial charge in [0.2, 0.25) is 11.8 Å². The predicted octanol–water partition coefficient (Wildman–Crippen LogP) is 8.47. The highest BCUT2D eigenvalue weighted by Gasteiger charge is 2.23. The van der Waals surface area contributed by atoms with Gasteiger partial charge in [-0.1, -0.05) is 78.9 Å². The molecule has 208 valence electrons. The number of amides is 2. The Morgan fingerprint density at radius 1 is 0.690 bits per heavy atom. The van der Waals surface area contributed by atoms with Gasteiger partial charge >= 0.3 is 0 Å². The molecule has 0 saturated carbocycles. The van der Waals surface area contributed by atoms with Gasteiger partial charge in [0, 0.05) is 44.6 Å². The molecule has 5 aromatic carbocycles. The Morgan fingerprint density at radius 2 is 1.33 bits per heavy atom. The Bertz CT molecular complexity index is 1850. The van der Waals surface area contributed by atoms with Crippen LogP contribution >= 0.6 is 11.8 Å². The van der Waals surface area contributed by atoms with Gasteiger partial charge in [0.15, 0.2) is 0 Å². The summed E-state index contributed by atoms with van der Waals surface area (Å²) in [5.41, 5.74) is 5.72. The van der Waals surface area contributed by atoms with Gasteiger partial charge in [-0.05, 0) is 66.6 Å². The summed E-state index contributed by atoms with van der Waals surface area (Å²) in [7, 11) is 0. The van der Waals surface area contributed by atoms with Crippen molar-refractivity contribution in [3.8, 4) is 0 Å². The van der Waals surface area contributed by atoms with Crippen LogP contribution in [0.5, 0.6) is 0 Å². The predicted molar refractivity (Wildman–Crippen MR) is 174 cm³/mol. The highest BCUT2D eigenvalue weighted by atomic mass is 32.2. The number of anilines is 2. The number of para-hydroxylation sites is 1. The Hall–Kier alpha value is -4.81. The first kappa shape index (κ1) is 27.4. The molecular formula is C36H31N3O2S. The largest absolute Gasteiger partial charge is 0.341 e. The molecule has 1 heterocycles. The van der Waals surface area contributed by atoms with Gasteiger partial charge in [-0.25, -0.2) is 0 Å². The number of aromatic nitrogens is 1. The second kappa shape index (κ2) is 12.4. The number of hydrogen-bond acceptors (Lipinski definition) is 3. The maximum absolute atomic E-state index is 13.8. The smallest absolute Gasteiger partial charge is 0.242 e. The van der Waals surface area contributed by atoms with E-state index in [0.29, 0.717) is 6.42 Å². The second-order valence-corrected chi connectivity index (χ2v) is 11.3. The van der Waals surface area contributed by atoms with E-state index in [1.54, 1.807) is 0 Å². The van der Waals surface area contributed by atoms with Crippen LogP contribution in [0.2, 0.25) is 0 Å². The van der Waals surface area contributed by atoms with Crippen LogP contribution in [0, 0.1) is 0 Å². The quantitative estimate of drug-likeness (QED) is 0.172. The molecule has 42 heavy (non-hydrogen) atoms. The maximum Gasteiger partial charge on any atom is 0.242 e. The Labute approximate surface area is 249 Å². The zero-order chi connectivity index (χ0) is 28.9. The summed E-state index contributed by atoms with van der Waals surface area (Å²) in [4.78, 5) is 27.2. The van der Waals surface area contributed by atoms with Crippen molar-refractivity contribution >= 4 is 56.8 Å². The van der Waals surface area contributed by atoms with E-state index in [1.165, 1.54) is 22.7 Å². The zero-order valence-electron chi connectivity index (χ0n) is 23.3. The fraction of sp³-hybridized carbons (Fsp3) is 0.111. The van der Waals surface area contributed by atoms with Crippen molar-refractivity contribution in [3.63, 3.8) is 0 Å². The SMILES string of the molecule is CCn1c2ccccc2c2cc(NC(=O)C(Sc3ccc(NC(=O)Cc4ccccc4)cc3)c3ccccc3)ccc21. The number of carbonyl (C=O) groups is 2. The van der Waals surface area contributed by atoms with Crippen molar-refractivity contribution in [3.05, 3.63) is 139 Å². The van der Waals surface area contributed by atoms with Gasteiger partial charge in [0.05, 0.1) is 6.42 Å². The molecular weight excluding hydrogens is 538 g/mol. The summed E-state index contributed by atoms with van der Waals surface area (Å²) in [6.45, 7) is 3.02. The molecule has 1 atom stereocenters. The fourth-order valence-electron chi connectivity index (χ4n) is 5.32. The molecule has 0 bridgehead atoms. The van der Waals surface area contributed by atoms with Crippen molar-refractivity contribution in [2.75, 3.05) is 10.6 Å². The molecule has 0 fully saturated rings. The monoisotopic (exact) mass is 569 g/mol. The molecule has 6 aromatic rings. The first-order valence-electron chi connectivity index (χ1n) is 14.1. The minimum Gasteiger partial charge on any atom is -0.341 e. The molecule has 0 saturated heterocycles. The van der Waals surface area contributed by atoms with Crippen molar-refractivity contribution in [1.82, 2.24) is 4.57 Å². The third-order valence-corrected chi connectivity index (χ3v) is 8.56. The summed E-state index contributed by atoms with van der Waals surface area (Å²) in [5, 5.41) is 7.98. The van der Waals surface area contributed by atoms with Gasteiger partial charge in [-0.2, -0.15) is 0 Å². The van der Waals surface area contributed by atoms with E-state index in [1.807, 2.05) is 91.0 Å². The van der Waals surface area contributed by atoms with Crippen molar-refractivity contribution < 1.29 is 9.59 Å². The molecule has 0 spiro atoms. The van der Waals surface area contributed by atoms with Crippen LogP contribution < -0.4 is 10.6 Å². The average Bonchev–Trinajstić information content (AvgIpc) is 3.34. The average molecular weight is 570 g/mol. The molecule has 0 radical (unpaired) electrons. The third-order valence-electron chi connectivity index (χ3n) is 7.30. The highest BCUT2D eigenvalue weighted by molar-refractivity contribution is 8.00. The summed E-state index contributed by atoms with van der Waals surface area (Å²) in [6.07, 6.45) is 0.318. The lowest BCUT2D eigenvalue weighted by molar-refractivity contribution is -0.116. The Morgan fingerprint density at radius 3 is 2.07 bits per heavy atom. The standard InChI is InChI=1S/C36H31N3O2S/c1-2-39-32-16-10-9-15-30(32)31-24-28(19-22-33(31)39)38-36(41)35(26-13-7-4-8-14-26)42-29-20-17-27(18-21-29)37-34(40)23-25-11-5-3-6-12-25/h3-22,24,35H,2,23H2,1H3,(H,37,40)(H,38,41). The Kier molecular flexibility index (Phi) is 8.06. The second-order valence-electron chi connectivity index (χ2n) is 10.1. The van der Waals surface area contributed by atoms with Crippen LogP contribution in [0.15, 0.2) is 132 Å². The number of benzene rings is 5. The molecule has 0 aliphatic rings. The minimum atomic E-state index is -0.461. The number of rotatable bonds is 9. The lowest BCUT2D eigenvalue weighted by Crippen LogP contribution is -2.19. The number of carbonyl (C=O) groups excluding carboxylic acids is 2. The van der Waals surface area contributed by atoms with Crippen LogP contribution in [-0.4, -0.2) is 16.4 Å². The van der Waals surface area contributed by atoms with E-state index in [0.717, 1.165) is 44.8 Å². The maximum atomic E-state index is 13.8. The number of nitrogens with zero attached hydrogens (tertiary/aromatic N) is 1. The van der Waals surface area contributed by atoms with Gasteiger partial charge in [-0.3, -0.25) is 9.59 Å². The van der Waals surface area contributed by atoms with Crippen LogP contribution in [0.3, 0.4) is 0 Å². The lowest BCUT2D eigenvalue weighted by Gasteiger charge is -2.18. The van der Waals surface area contributed by atoms with E-state index in [4.69, 9.17) is 0 Å². The van der Waals surface area contributed by atoms with E-state index in [-0.39, 0.29) is 11.8 Å². The molecule has 1 aromatic heterocycles. The van der Waals surface area contributed by atoms with E-state index in [2.05, 4.69) is 58.5 Å². The molecule has 2 N–H and O–H groups in total. The van der Waals surface area contributed by atoms with E-state index >= 15 is 0 Å². The molecule has 6 heteroatoms. The van der Waals surface area contributed by atoms with Crippen LogP contribution in [-0.2, 0) is 22.6 Å². The highest BCUT2D eigenvalue weighted by Crippen LogP contribution is 2.37. The van der Waals surface area contributed by atoms with Crippen molar-refractivity contribution in [1.29, 1.82) is 0 Å². The number of hydrogen-bond donors (Lipinski definition) is 2. The zero-order valence-corrected chi connectivity index (χ0v) is 24.1. The number of fused-ring (bicyclic) bond motifs is 3. The van der Waals surface area contributed by atoms with Crippen molar-refractivity contribution in [2.45, 2.75) is 30.0 Å². The first-order chi connectivity index (χ1) is 20.6. The summed E-state index contributed by atoms with van der Waals surface area (Å²) in [6, 6.07) is 41.6. The van der Waals surface area contributed by atoms with E-state index in [9.17, 15) is 9.59 Å². The molecule has 0 aliphatic carbocycles. The summed E-state index contributed by atoms with van der Waals surface area (Å²) in [5.74, 6) is -0.160. The van der Waals surface area contributed by atoms with Gasteiger partial charge in [-0.15, -0.1) is 11.8 Å². The first-order valence-corrected chi connectivity index (χ1v) is 14.9. The van der Waals surface area contributed by atoms with Crippen LogP contribution in [0.25, 0.3) is 21.8 Å². The summed E-state index contributed by atoms with van der Waals surface area (Å²) < 4.78 is 2.30. The minimum absolute atomic E-state index is 0.0674. The molecule has 5 nitrogen and oxygen atoms in total. The molecule has 6 rings (SSSR count). The number of thioether (sulfide) groups is 1. The van der Waals surface area contributed by atoms with Crippen LogP contribution in [0.1, 0.15) is 23.3 Å². The molecule has 0 aliphatic heterocycles. The van der Waals surface area contributed by atoms with Crippen LogP contribution in [0.4, 0.5) is 11.4 Å². The van der Waals surface area contributed by atoms with E-state index < -0.39 is 5.25 Å². The Balaban J connectivity index is 1.20. The van der Waals surface area contributed by atoms with Crippen molar-refractivity contribution in [2.24, 2.45) is 0 Å². The normalized spacial score (nSPS) is 11.8. The molecule has 2 amide bonds. The lowest BCUT2D eigenvalue weighted by atomic mass is 10.1. The molecule has 1 unspecified atom stereocenters. The fourth-order valence-corrected chi connectivity index (χ4v) is 6.34. The van der Waals surface area contributed by atoms with Gasteiger partial charge in [0.25, 0.3) is 0 Å².